The maximum absolute atomic E-state index is 12.9. The molecule has 0 fully saturated rings. The van der Waals surface area contributed by atoms with Gasteiger partial charge in [-0.15, -0.1) is 21.6 Å². The second-order valence-electron chi connectivity index (χ2n) is 8.23. The number of aromatic nitrogens is 3. The lowest BCUT2D eigenvalue weighted by atomic mass is 9.99. The predicted molar refractivity (Wildman–Crippen MR) is 140 cm³/mol. The number of azo groups is 1. The van der Waals surface area contributed by atoms with Gasteiger partial charge >= 0.3 is 0 Å². The summed E-state index contributed by atoms with van der Waals surface area (Å²) in [7, 11) is 0. The fourth-order valence-corrected chi connectivity index (χ4v) is 5.38. The standard InChI is InChI=1S/C25H21N5O3S2/c1-13(2)14-7-9-15(10-8-14)17-11-34-24-20(17)22(32)27-25(28-24)35-12-19(31)29-30-21-16-5-3-4-6-18(16)26-23(21)33/h3-11,13,26,33H,12H2,1-2H3,(H,27,28,32). The highest BCUT2D eigenvalue weighted by molar-refractivity contribution is 7.99. The van der Waals surface area contributed by atoms with E-state index in [1.807, 2.05) is 23.6 Å². The number of aromatic amines is 2. The molecule has 1 amide bonds. The van der Waals surface area contributed by atoms with Crippen LogP contribution in [0.1, 0.15) is 25.3 Å². The molecule has 2 aromatic carbocycles. The molecule has 0 bridgehead atoms. The van der Waals surface area contributed by atoms with E-state index in [4.69, 9.17) is 0 Å². The van der Waals surface area contributed by atoms with Gasteiger partial charge in [0.05, 0.1) is 16.7 Å². The van der Waals surface area contributed by atoms with Crippen LogP contribution in [0.15, 0.2) is 74.1 Å². The number of aromatic hydroxyl groups is 1. The van der Waals surface area contributed by atoms with Gasteiger partial charge < -0.3 is 15.1 Å². The number of carbonyl (C=O) groups excluding carboxylic acids is 1. The second-order valence-corrected chi connectivity index (χ2v) is 10.0. The third-order valence-electron chi connectivity index (χ3n) is 5.56. The van der Waals surface area contributed by atoms with Crippen LogP contribution >= 0.6 is 23.1 Å². The molecule has 8 nitrogen and oxygen atoms in total. The minimum absolute atomic E-state index is 0.0596. The summed E-state index contributed by atoms with van der Waals surface area (Å²) in [6.45, 7) is 4.28. The topological polar surface area (TPSA) is 124 Å². The fourth-order valence-electron chi connectivity index (χ4n) is 3.74. The monoisotopic (exact) mass is 503 g/mol. The second kappa shape index (κ2) is 9.47. The molecule has 35 heavy (non-hydrogen) atoms. The number of carbonyl (C=O) groups is 1. The van der Waals surface area contributed by atoms with Gasteiger partial charge in [0.1, 0.15) is 4.83 Å². The first kappa shape index (κ1) is 23.0. The lowest BCUT2D eigenvalue weighted by Crippen LogP contribution is -2.09. The summed E-state index contributed by atoms with van der Waals surface area (Å²) < 4.78 is 0. The lowest BCUT2D eigenvalue weighted by molar-refractivity contribution is -0.115. The molecule has 3 N–H and O–H groups in total. The molecular formula is C25H21N5O3S2. The quantitative estimate of drug-likeness (QED) is 0.141. The highest BCUT2D eigenvalue weighted by atomic mass is 32.2. The minimum atomic E-state index is -0.514. The van der Waals surface area contributed by atoms with Crippen molar-refractivity contribution in [1.29, 1.82) is 0 Å². The first-order valence-electron chi connectivity index (χ1n) is 10.9. The molecule has 176 valence electrons. The number of nitrogens with one attached hydrogen (secondary N) is 2. The summed E-state index contributed by atoms with van der Waals surface area (Å²) in [6.07, 6.45) is 0. The highest BCUT2D eigenvalue weighted by Crippen LogP contribution is 2.35. The summed E-state index contributed by atoms with van der Waals surface area (Å²) in [5, 5.41) is 21.1. The van der Waals surface area contributed by atoms with Gasteiger partial charge in [0.2, 0.25) is 5.88 Å². The van der Waals surface area contributed by atoms with Crippen LogP contribution in [0.4, 0.5) is 5.69 Å². The van der Waals surface area contributed by atoms with E-state index in [9.17, 15) is 14.7 Å². The largest absolute Gasteiger partial charge is 0.493 e. The van der Waals surface area contributed by atoms with Crippen LogP contribution in [-0.4, -0.2) is 31.7 Å². The van der Waals surface area contributed by atoms with E-state index in [-0.39, 0.29) is 22.9 Å². The van der Waals surface area contributed by atoms with Crippen molar-refractivity contribution in [2.45, 2.75) is 24.9 Å². The third kappa shape index (κ3) is 4.62. The molecule has 10 heteroatoms. The van der Waals surface area contributed by atoms with Crippen molar-refractivity contribution >= 4 is 55.8 Å². The van der Waals surface area contributed by atoms with Gasteiger partial charge in [0, 0.05) is 16.3 Å². The number of thioether (sulfide) groups is 1. The zero-order chi connectivity index (χ0) is 24.5. The summed E-state index contributed by atoms with van der Waals surface area (Å²) in [5.74, 6) is -0.294. The SMILES string of the molecule is CC(C)c1ccc(-c2csc3nc(SCC(=O)N=Nc4c(O)[nH]c5ccccc45)[nH]c(=O)c23)cc1. The maximum atomic E-state index is 12.9. The Morgan fingerprint density at radius 1 is 1.14 bits per heavy atom. The highest BCUT2D eigenvalue weighted by Gasteiger charge is 2.15. The molecule has 5 aromatic rings. The Labute approximate surface area is 208 Å². The van der Waals surface area contributed by atoms with Crippen molar-refractivity contribution in [2.75, 3.05) is 5.75 Å². The number of hydrogen-bond acceptors (Lipinski definition) is 7. The molecule has 0 spiro atoms. The molecule has 5 rings (SSSR count). The number of fused-ring (bicyclic) bond motifs is 2. The van der Waals surface area contributed by atoms with Crippen LogP contribution in [-0.2, 0) is 4.79 Å². The number of thiophene rings is 1. The number of benzene rings is 2. The molecular weight excluding hydrogens is 482 g/mol. The first-order valence-corrected chi connectivity index (χ1v) is 12.8. The smallest absolute Gasteiger partial charge is 0.275 e. The van der Waals surface area contributed by atoms with Crippen molar-refractivity contribution in [2.24, 2.45) is 10.2 Å². The summed E-state index contributed by atoms with van der Waals surface area (Å²) >= 11 is 2.47. The number of para-hydroxylation sites is 1. The van der Waals surface area contributed by atoms with E-state index in [0.29, 0.717) is 32.2 Å². The summed E-state index contributed by atoms with van der Waals surface area (Å²) in [6, 6.07) is 15.4. The molecule has 0 saturated carbocycles. The fraction of sp³-hybridized carbons (Fsp3) is 0.160. The normalized spacial score (nSPS) is 11.9. The predicted octanol–water partition coefficient (Wildman–Crippen LogP) is 6.36. The van der Waals surface area contributed by atoms with Crippen molar-refractivity contribution < 1.29 is 9.90 Å². The molecule has 0 aliphatic heterocycles. The van der Waals surface area contributed by atoms with Crippen LogP contribution in [0, 0.1) is 0 Å². The van der Waals surface area contributed by atoms with Crippen molar-refractivity contribution in [1.82, 2.24) is 15.0 Å². The number of hydrogen-bond donors (Lipinski definition) is 3. The van der Waals surface area contributed by atoms with Gasteiger partial charge in [-0.3, -0.25) is 9.59 Å². The van der Waals surface area contributed by atoms with E-state index in [1.165, 1.54) is 16.9 Å². The summed E-state index contributed by atoms with van der Waals surface area (Å²) in [4.78, 5) is 35.8. The molecule has 0 aliphatic carbocycles. The summed E-state index contributed by atoms with van der Waals surface area (Å²) in [5.41, 5.74) is 3.69. The molecule has 3 aromatic heterocycles. The van der Waals surface area contributed by atoms with Gasteiger partial charge in [-0.25, -0.2) is 4.98 Å². The zero-order valence-electron chi connectivity index (χ0n) is 18.9. The first-order chi connectivity index (χ1) is 16.9. The maximum Gasteiger partial charge on any atom is 0.275 e. The number of nitrogens with zero attached hydrogens (tertiary/aromatic N) is 3. The average Bonchev–Trinajstić information content (AvgIpc) is 3.42. The van der Waals surface area contributed by atoms with Crippen LogP contribution < -0.4 is 5.56 Å². The van der Waals surface area contributed by atoms with Gasteiger partial charge in [0.25, 0.3) is 11.5 Å². The number of rotatable bonds is 6. The Morgan fingerprint density at radius 2 is 1.91 bits per heavy atom. The van der Waals surface area contributed by atoms with Gasteiger partial charge in [-0.05, 0) is 23.1 Å². The van der Waals surface area contributed by atoms with Gasteiger partial charge in [0.15, 0.2) is 10.8 Å². The minimum Gasteiger partial charge on any atom is -0.493 e. The van der Waals surface area contributed by atoms with Crippen molar-refractivity contribution in [3.8, 4) is 17.0 Å². The number of amides is 1. The van der Waals surface area contributed by atoms with Crippen LogP contribution in [0.5, 0.6) is 5.88 Å². The lowest BCUT2D eigenvalue weighted by Gasteiger charge is -2.06. The van der Waals surface area contributed by atoms with E-state index in [1.54, 1.807) is 18.2 Å². The van der Waals surface area contributed by atoms with E-state index >= 15 is 0 Å². The molecule has 0 radical (unpaired) electrons. The Balaban J connectivity index is 1.32. The molecule has 0 atom stereocenters. The van der Waals surface area contributed by atoms with Crippen LogP contribution in [0.25, 0.3) is 32.2 Å². The number of H-pyrrole nitrogens is 2. The zero-order valence-corrected chi connectivity index (χ0v) is 20.5. The van der Waals surface area contributed by atoms with Crippen LogP contribution in [0.3, 0.4) is 0 Å². The van der Waals surface area contributed by atoms with Crippen molar-refractivity contribution in [3.63, 3.8) is 0 Å². The van der Waals surface area contributed by atoms with Crippen LogP contribution in [0.2, 0.25) is 0 Å². The van der Waals surface area contributed by atoms with Crippen molar-refractivity contribution in [3.05, 3.63) is 69.8 Å². The molecule has 0 unspecified atom stereocenters. The Kier molecular flexibility index (Phi) is 6.23. The van der Waals surface area contributed by atoms with E-state index in [0.717, 1.165) is 22.9 Å². The van der Waals surface area contributed by atoms with Gasteiger partial charge in [-0.2, -0.15) is 0 Å². The average molecular weight is 504 g/mol. The third-order valence-corrected chi connectivity index (χ3v) is 7.29. The Hall–Kier alpha value is -3.76. The van der Waals surface area contributed by atoms with Gasteiger partial charge in [-0.1, -0.05) is 68.1 Å². The van der Waals surface area contributed by atoms with E-state index in [2.05, 4.69) is 51.2 Å². The Bertz CT molecular complexity index is 1630. The molecule has 3 heterocycles. The Morgan fingerprint density at radius 3 is 2.69 bits per heavy atom. The molecule has 0 saturated heterocycles. The molecule has 0 aliphatic rings. The van der Waals surface area contributed by atoms with E-state index < -0.39 is 5.91 Å².